The maximum absolute atomic E-state index is 6.41. The van der Waals surface area contributed by atoms with Gasteiger partial charge in [0.05, 0.1) is 13.3 Å². The highest BCUT2D eigenvalue weighted by Crippen LogP contribution is 2.32. The van der Waals surface area contributed by atoms with Crippen LogP contribution in [0.15, 0.2) is 40.9 Å². The SMILES string of the molecule is COc1cnn(C(C)C)c1C(N)c1cc2ccccc2o1. The van der Waals surface area contributed by atoms with Gasteiger partial charge in [-0.05, 0) is 26.0 Å². The monoisotopic (exact) mass is 285 g/mol. The van der Waals surface area contributed by atoms with E-state index >= 15 is 0 Å². The van der Waals surface area contributed by atoms with Crippen molar-refractivity contribution in [2.45, 2.75) is 25.9 Å². The van der Waals surface area contributed by atoms with Gasteiger partial charge in [-0.3, -0.25) is 4.68 Å². The lowest BCUT2D eigenvalue weighted by molar-refractivity contribution is 0.394. The maximum Gasteiger partial charge on any atom is 0.162 e. The fraction of sp³-hybridized carbons (Fsp3) is 0.312. The minimum Gasteiger partial charge on any atom is -0.493 e. The van der Waals surface area contributed by atoms with E-state index in [2.05, 4.69) is 18.9 Å². The predicted octanol–water partition coefficient (Wildman–Crippen LogP) is 3.27. The maximum atomic E-state index is 6.41. The normalized spacial score (nSPS) is 13.0. The molecule has 0 saturated carbocycles. The standard InChI is InChI=1S/C16H19N3O2/c1-10(2)19-16(14(20-3)9-18-19)15(17)13-8-11-6-4-5-7-12(11)21-13/h4-10,15H,17H2,1-3H3. The van der Waals surface area contributed by atoms with Crippen molar-refractivity contribution in [3.05, 3.63) is 48.0 Å². The minimum absolute atomic E-state index is 0.194. The lowest BCUT2D eigenvalue weighted by atomic mass is 10.1. The van der Waals surface area contributed by atoms with Crippen molar-refractivity contribution >= 4 is 11.0 Å². The highest BCUT2D eigenvalue weighted by molar-refractivity contribution is 5.78. The third-order valence-corrected chi connectivity index (χ3v) is 3.55. The average Bonchev–Trinajstić information content (AvgIpc) is 3.09. The average molecular weight is 285 g/mol. The van der Waals surface area contributed by atoms with Crippen LogP contribution in [-0.4, -0.2) is 16.9 Å². The van der Waals surface area contributed by atoms with Crippen molar-refractivity contribution in [3.63, 3.8) is 0 Å². The molecule has 0 radical (unpaired) electrons. The number of benzene rings is 1. The number of furan rings is 1. The Morgan fingerprint density at radius 2 is 2.05 bits per heavy atom. The zero-order valence-corrected chi connectivity index (χ0v) is 12.4. The summed E-state index contributed by atoms with van der Waals surface area (Å²) in [6.45, 7) is 4.11. The molecule has 1 atom stereocenters. The van der Waals surface area contributed by atoms with E-state index in [9.17, 15) is 0 Å². The summed E-state index contributed by atoms with van der Waals surface area (Å²) in [4.78, 5) is 0. The van der Waals surface area contributed by atoms with E-state index in [1.54, 1.807) is 13.3 Å². The molecule has 0 spiro atoms. The molecule has 3 rings (SSSR count). The zero-order valence-electron chi connectivity index (χ0n) is 12.4. The van der Waals surface area contributed by atoms with Gasteiger partial charge in [0.25, 0.3) is 0 Å². The van der Waals surface area contributed by atoms with Gasteiger partial charge in [0.15, 0.2) is 5.75 Å². The largest absolute Gasteiger partial charge is 0.493 e. The van der Waals surface area contributed by atoms with Crippen LogP contribution < -0.4 is 10.5 Å². The number of fused-ring (bicyclic) bond motifs is 1. The van der Waals surface area contributed by atoms with Gasteiger partial charge in [-0.15, -0.1) is 0 Å². The zero-order chi connectivity index (χ0) is 15.0. The Balaban J connectivity index is 2.08. The first-order valence-corrected chi connectivity index (χ1v) is 6.97. The summed E-state index contributed by atoms with van der Waals surface area (Å²) >= 11 is 0. The van der Waals surface area contributed by atoms with Crippen molar-refractivity contribution in [2.24, 2.45) is 5.73 Å². The molecule has 1 aromatic carbocycles. The Labute approximate surface area is 123 Å². The lowest BCUT2D eigenvalue weighted by Crippen LogP contribution is -2.19. The summed E-state index contributed by atoms with van der Waals surface area (Å²) in [5, 5.41) is 5.40. The summed E-state index contributed by atoms with van der Waals surface area (Å²) in [6.07, 6.45) is 1.69. The molecule has 5 heteroatoms. The van der Waals surface area contributed by atoms with E-state index in [0.29, 0.717) is 11.5 Å². The van der Waals surface area contributed by atoms with Crippen LogP contribution >= 0.6 is 0 Å². The third-order valence-electron chi connectivity index (χ3n) is 3.55. The minimum atomic E-state index is -0.419. The third kappa shape index (κ3) is 2.29. The van der Waals surface area contributed by atoms with Gasteiger partial charge >= 0.3 is 0 Å². The molecule has 0 aliphatic rings. The molecule has 0 amide bonds. The van der Waals surface area contributed by atoms with Crippen molar-refractivity contribution in [3.8, 4) is 5.75 Å². The van der Waals surface area contributed by atoms with Gasteiger partial charge in [0, 0.05) is 11.4 Å². The number of hydrogen-bond donors (Lipinski definition) is 1. The van der Waals surface area contributed by atoms with E-state index in [-0.39, 0.29) is 6.04 Å². The second-order valence-corrected chi connectivity index (χ2v) is 5.30. The van der Waals surface area contributed by atoms with Crippen LogP contribution in [0.2, 0.25) is 0 Å². The van der Waals surface area contributed by atoms with Gasteiger partial charge in [-0.1, -0.05) is 18.2 Å². The van der Waals surface area contributed by atoms with Crippen molar-refractivity contribution in [1.29, 1.82) is 0 Å². The topological polar surface area (TPSA) is 66.2 Å². The summed E-state index contributed by atoms with van der Waals surface area (Å²) in [7, 11) is 1.62. The van der Waals surface area contributed by atoms with E-state index in [1.165, 1.54) is 0 Å². The Morgan fingerprint density at radius 1 is 1.29 bits per heavy atom. The molecule has 2 heterocycles. The van der Waals surface area contributed by atoms with E-state index in [4.69, 9.17) is 14.9 Å². The highest BCUT2D eigenvalue weighted by atomic mass is 16.5. The molecule has 0 bridgehead atoms. The number of ether oxygens (including phenoxy) is 1. The van der Waals surface area contributed by atoms with Crippen molar-refractivity contribution in [2.75, 3.05) is 7.11 Å². The second-order valence-electron chi connectivity index (χ2n) is 5.30. The molecule has 2 aromatic heterocycles. The van der Waals surface area contributed by atoms with Crippen LogP contribution in [-0.2, 0) is 0 Å². The summed E-state index contributed by atoms with van der Waals surface area (Å²) < 4.78 is 13.1. The molecular formula is C16H19N3O2. The summed E-state index contributed by atoms with van der Waals surface area (Å²) in [5.74, 6) is 1.38. The summed E-state index contributed by atoms with van der Waals surface area (Å²) in [5.41, 5.74) is 8.06. The van der Waals surface area contributed by atoms with Gasteiger partial charge in [0.2, 0.25) is 0 Å². The highest BCUT2D eigenvalue weighted by Gasteiger charge is 2.24. The number of methoxy groups -OCH3 is 1. The first kappa shape index (κ1) is 13.7. The Hall–Kier alpha value is -2.27. The Bertz CT molecular complexity index is 725. The molecule has 110 valence electrons. The predicted molar refractivity (Wildman–Crippen MR) is 81.4 cm³/mol. The van der Waals surface area contributed by atoms with Crippen LogP contribution in [0.1, 0.15) is 37.4 Å². The van der Waals surface area contributed by atoms with Gasteiger partial charge < -0.3 is 14.9 Å². The number of para-hydroxylation sites is 1. The van der Waals surface area contributed by atoms with Gasteiger partial charge in [-0.25, -0.2) is 0 Å². The van der Waals surface area contributed by atoms with Crippen LogP contribution in [0.5, 0.6) is 5.75 Å². The molecular weight excluding hydrogens is 266 g/mol. The molecule has 21 heavy (non-hydrogen) atoms. The Kier molecular flexibility index (Phi) is 3.43. The van der Waals surface area contributed by atoms with Gasteiger partial charge in [0.1, 0.15) is 23.1 Å². The molecule has 0 saturated heterocycles. The van der Waals surface area contributed by atoms with Crippen LogP contribution in [0.25, 0.3) is 11.0 Å². The second kappa shape index (κ2) is 5.26. The van der Waals surface area contributed by atoms with Crippen LogP contribution in [0.3, 0.4) is 0 Å². The Morgan fingerprint density at radius 3 is 2.71 bits per heavy atom. The number of nitrogens with two attached hydrogens (primary N) is 1. The van der Waals surface area contributed by atoms with Gasteiger partial charge in [-0.2, -0.15) is 5.10 Å². The summed E-state index contributed by atoms with van der Waals surface area (Å²) in [6, 6.07) is 9.61. The molecule has 0 aliphatic heterocycles. The molecule has 2 N–H and O–H groups in total. The van der Waals surface area contributed by atoms with Crippen LogP contribution in [0.4, 0.5) is 0 Å². The van der Waals surface area contributed by atoms with Crippen molar-refractivity contribution in [1.82, 2.24) is 9.78 Å². The smallest absolute Gasteiger partial charge is 0.162 e. The molecule has 0 aliphatic carbocycles. The first-order chi connectivity index (χ1) is 10.1. The first-order valence-electron chi connectivity index (χ1n) is 6.97. The van der Waals surface area contributed by atoms with Crippen LogP contribution in [0, 0.1) is 0 Å². The number of rotatable bonds is 4. The fourth-order valence-electron chi connectivity index (χ4n) is 2.51. The molecule has 1 unspecified atom stereocenters. The number of nitrogens with zero attached hydrogens (tertiary/aromatic N) is 2. The number of hydrogen-bond acceptors (Lipinski definition) is 4. The van der Waals surface area contributed by atoms with E-state index < -0.39 is 6.04 Å². The quantitative estimate of drug-likeness (QED) is 0.799. The van der Waals surface area contributed by atoms with Crippen molar-refractivity contribution < 1.29 is 9.15 Å². The fourth-order valence-corrected chi connectivity index (χ4v) is 2.51. The molecule has 5 nitrogen and oxygen atoms in total. The van der Waals surface area contributed by atoms with E-state index in [0.717, 1.165) is 16.7 Å². The molecule has 0 fully saturated rings. The lowest BCUT2D eigenvalue weighted by Gasteiger charge is -2.16. The molecule has 3 aromatic rings. The number of aromatic nitrogens is 2. The van der Waals surface area contributed by atoms with E-state index in [1.807, 2.05) is 35.0 Å².